The Morgan fingerprint density at radius 1 is 1.50 bits per heavy atom. The number of carbonyl (C=O) groups excluding carboxylic acids is 1. The highest BCUT2D eigenvalue weighted by Gasteiger charge is 2.14. The number of hydrogen-bond donors (Lipinski definition) is 2. The van der Waals surface area contributed by atoms with Gasteiger partial charge >= 0.3 is 5.97 Å². The van der Waals surface area contributed by atoms with Crippen molar-refractivity contribution in [2.45, 2.75) is 0 Å². The quantitative estimate of drug-likeness (QED) is 0.434. The van der Waals surface area contributed by atoms with Gasteiger partial charge in [0.25, 0.3) is 0 Å². The van der Waals surface area contributed by atoms with Gasteiger partial charge in [0.2, 0.25) is 0 Å². The summed E-state index contributed by atoms with van der Waals surface area (Å²) in [4.78, 5) is 11.2. The molecule has 1 rings (SSSR count). The molecule has 1 aromatic rings. The second-order valence-electron chi connectivity index (χ2n) is 2.56. The van der Waals surface area contributed by atoms with Crippen LogP contribution in [0.1, 0.15) is 10.4 Å². The summed E-state index contributed by atoms with van der Waals surface area (Å²) >= 11 is 0. The summed E-state index contributed by atoms with van der Waals surface area (Å²) in [7, 11) is 0. The summed E-state index contributed by atoms with van der Waals surface area (Å²) in [6.45, 7) is 3.44. The van der Waals surface area contributed by atoms with E-state index in [1.807, 2.05) is 0 Å². The molecule has 1 aromatic carbocycles. The number of hydrogen-bond acceptors (Lipinski definition) is 4. The Balaban J connectivity index is 2.89. The molecule has 0 unspecified atom stereocenters. The molecule has 14 heavy (non-hydrogen) atoms. The van der Waals surface area contributed by atoms with Crippen LogP contribution < -0.4 is 0 Å². The van der Waals surface area contributed by atoms with Crippen molar-refractivity contribution in [3.8, 4) is 11.5 Å². The molecule has 0 spiro atoms. The summed E-state index contributed by atoms with van der Waals surface area (Å²) < 4.78 is 4.68. The van der Waals surface area contributed by atoms with Crippen LogP contribution in [0.4, 0.5) is 0 Å². The molecule has 0 aliphatic carbocycles. The molecule has 0 saturated carbocycles. The molecule has 0 heterocycles. The molecule has 0 amide bonds. The van der Waals surface area contributed by atoms with Crippen LogP contribution in [0.2, 0.25) is 0 Å². The third-order valence-electron chi connectivity index (χ3n) is 1.57. The Kier molecular flexibility index (Phi) is 3.12. The highest BCUT2D eigenvalue weighted by Crippen LogP contribution is 2.28. The van der Waals surface area contributed by atoms with Crippen LogP contribution in [0, 0.1) is 0 Å². The molecule has 0 radical (unpaired) electrons. The van der Waals surface area contributed by atoms with E-state index in [1.165, 1.54) is 24.3 Å². The van der Waals surface area contributed by atoms with Crippen LogP contribution >= 0.6 is 0 Å². The Hall–Kier alpha value is -1.97. The van der Waals surface area contributed by atoms with Gasteiger partial charge in [0, 0.05) is 0 Å². The second-order valence-corrected chi connectivity index (χ2v) is 2.56. The SMILES string of the molecule is C=CCOC(=O)c1cccc(O)c1O. The molecule has 2 N–H and O–H groups in total. The highest BCUT2D eigenvalue weighted by molar-refractivity contribution is 5.93. The normalized spacial score (nSPS) is 9.43. The van der Waals surface area contributed by atoms with Crippen molar-refractivity contribution in [1.29, 1.82) is 0 Å². The average Bonchev–Trinajstić information content (AvgIpc) is 2.18. The predicted octanol–water partition coefficient (Wildman–Crippen LogP) is 1.44. The van der Waals surface area contributed by atoms with E-state index in [2.05, 4.69) is 11.3 Å². The topological polar surface area (TPSA) is 66.8 Å². The fraction of sp³-hybridized carbons (Fsp3) is 0.100. The number of esters is 1. The number of aromatic hydroxyl groups is 2. The molecular weight excluding hydrogens is 184 g/mol. The van der Waals surface area contributed by atoms with E-state index in [0.29, 0.717) is 0 Å². The van der Waals surface area contributed by atoms with Crippen molar-refractivity contribution in [2.75, 3.05) is 6.61 Å². The van der Waals surface area contributed by atoms with Crippen LogP contribution in [0.3, 0.4) is 0 Å². The summed E-state index contributed by atoms with van der Waals surface area (Å²) in [6, 6.07) is 4.08. The first-order valence-corrected chi connectivity index (χ1v) is 3.95. The Bertz CT molecular complexity index is 357. The minimum Gasteiger partial charge on any atom is -0.504 e. The van der Waals surface area contributed by atoms with Crippen molar-refractivity contribution < 1.29 is 19.7 Å². The number of ether oxygens (including phenoxy) is 1. The zero-order valence-corrected chi connectivity index (χ0v) is 7.43. The first-order valence-electron chi connectivity index (χ1n) is 3.95. The van der Waals surface area contributed by atoms with E-state index in [4.69, 9.17) is 5.11 Å². The summed E-state index contributed by atoms with van der Waals surface area (Å²) in [5, 5.41) is 18.4. The Morgan fingerprint density at radius 2 is 2.21 bits per heavy atom. The number of phenols is 2. The van der Waals surface area contributed by atoms with Crippen molar-refractivity contribution in [3.63, 3.8) is 0 Å². The van der Waals surface area contributed by atoms with E-state index in [9.17, 15) is 9.90 Å². The van der Waals surface area contributed by atoms with Gasteiger partial charge in [0.15, 0.2) is 11.5 Å². The van der Waals surface area contributed by atoms with Gasteiger partial charge in [-0.3, -0.25) is 0 Å². The van der Waals surface area contributed by atoms with E-state index in [0.717, 1.165) is 0 Å². The third kappa shape index (κ3) is 2.04. The molecular formula is C10H10O4. The lowest BCUT2D eigenvalue weighted by Crippen LogP contribution is -2.05. The third-order valence-corrected chi connectivity index (χ3v) is 1.57. The van der Waals surface area contributed by atoms with Gasteiger partial charge in [-0.25, -0.2) is 4.79 Å². The first-order chi connectivity index (χ1) is 6.66. The molecule has 0 aromatic heterocycles. The molecule has 0 bridgehead atoms. The van der Waals surface area contributed by atoms with Gasteiger partial charge in [-0.15, -0.1) is 0 Å². The molecule has 0 atom stereocenters. The van der Waals surface area contributed by atoms with Crippen molar-refractivity contribution in [1.82, 2.24) is 0 Å². The number of rotatable bonds is 3. The number of para-hydroxylation sites is 1. The largest absolute Gasteiger partial charge is 0.504 e. The lowest BCUT2D eigenvalue weighted by atomic mass is 10.2. The van der Waals surface area contributed by atoms with E-state index in [1.54, 1.807) is 0 Å². The van der Waals surface area contributed by atoms with Gasteiger partial charge in [0.05, 0.1) is 0 Å². The van der Waals surface area contributed by atoms with E-state index < -0.39 is 11.7 Å². The van der Waals surface area contributed by atoms with Gasteiger partial charge in [-0.05, 0) is 12.1 Å². The van der Waals surface area contributed by atoms with Crippen LogP contribution in [-0.4, -0.2) is 22.8 Å². The summed E-state index contributed by atoms with van der Waals surface area (Å²) in [5.74, 6) is -1.52. The maximum absolute atomic E-state index is 11.2. The summed E-state index contributed by atoms with van der Waals surface area (Å²) in [5.41, 5.74) is -0.0631. The van der Waals surface area contributed by atoms with E-state index >= 15 is 0 Å². The molecule has 0 aliphatic heterocycles. The van der Waals surface area contributed by atoms with Crippen LogP contribution in [0.25, 0.3) is 0 Å². The van der Waals surface area contributed by atoms with Gasteiger partial charge in [-0.2, -0.15) is 0 Å². The van der Waals surface area contributed by atoms with Crippen molar-refractivity contribution >= 4 is 5.97 Å². The fourth-order valence-electron chi connectivity index (χ4n) is 0.908. The molecule has 4 nitrogen and oxygen atoms in total. The Morgan fingerprint density at radius 3 is 2.86 bits per heavy atom. The smallest absolute Gasteiger partial charge is 0.342 e. The van der Waals surface area contributed by atoms with Crippen LogP contribution in [-0.2, 0) is 4.74 Å². The monoisotopic (exact) mass is 194 g/mol. The molecule has 0 fully saturated rings. The lowest BCUT2D eigenvalue weighted by molar-refractivity contribution is 0.0545. The Labute approximate surface area is 81.1 Å². The molecule has 4 heteroatoms. The maximum atomic E-state index is 11.2. The first kappa shape index (κ1) is 10.1. The van der Waals surface area contributed by atoms with Crippen molar-refractivity contribution in [3.05, 3.63) is 36.4 Å². The predicted molar refractivity (Wildman–Crippen MR) is 50.3 cm³/mol. The maximum Gasteiger partial charge on any atom is 0.342 e. The highest BCUT2D eigenvalue weighted by atomic mass is 16.5. The van der Waals surface area contributed by atoms with Crippen molar-refractivity contribution in [2.24, 2.45) is 0 Å². The van der Waals surface area contributed by atoms with Gasteiger partial charge in [-0.1, -0.05) is 18.7 Å². The average molecular weight is 194 g/mol. The number of benzene rings is 1. The van der Waals surface area contributed by atoms with Gasteiger partial charge < -0.3 is 14.9 Å². The van der Waals surface area contributed by atoms with Gasteiger partial charge in [0.1, 0.15) is 12.2 Å². The molecule has 74 valence electrons. The molecule has 0 aliphatic rings. The second kappa shape index (κ2) is 4.32. The van der Waals surface area contributed by atoms with Crippen LogP contribution in [0.5, 0.6) is 11.5 Å². The van der Waals surface area contributed by atoms with Crippen LogP contribution in [0.15, 0.2) is 30.9 Å². The fourth-order valence-corrected chi connectivity index (χ4v) is 0.908. The standard InChI is InChI=1S/C10H10O4/c1-2-6-14-10(13)7-4-3-5-8(11)9(7)12/h2-5,11-12H,1,6H2. The van der Waals surface area contributed by atoms with E-state index in [-0.39, 0.29) is 17.9 Å². The zero-order chi connectivity index (χ0) is 10.6. The number of phenolic OH excluding ortho intramolecular Hbond substituents is 2. The minimum atomic E-state index is -0.696. The minimum absolute atomic E-state index is 0.0631. The number of carbonyl (C=O) groups is 1. The summed E-state index contributed by atoms with van der Waals surface area (Å²) in [6.07, 6.45) is 1.41. The molecule has 0 saturated heterocycles. The zero-order valence-electron chi connectivity index (χ0n) is 7.43. The lowest BCUT2D eigenvalue weighted by Gasteiger charge is -2.04.